The number of piperidine rings is 1. The predicted octanol–water partition coefficient (Wildman–Crippen LogP) is 2.18. The van der Waals surface area contributed by atoms with Crippen LogP contribution in [0.25, 0.3) is 6.08 Å². The van der Waals surface area contributed by atoms with Crippen LogP contribution < -0.4 is 10.5 Å². The van der Waals surface area contributed by atoms with Gasteiger partial charge in [-0.3, -0.25) is 9.59 Å². The first-order chi connectivity index (χ1) is 12.5. The zero-order valence-electron chi connectivity index (χ0n) is 14.6. The fourth-order valence-electron chi connectivity index (χ4n) is 3.57. The second kappa shape index (κ2) is 6.79. The molecule has 136 valence electrons. The van der Waals surface area contributed by atoms with E-state index in [1.54, 1.807) is 0 Å². The smallest absolute Gasteiger partial charge is 0.286 e. The van der Waals surface area contributed by atoms with Crippen LogP contribution in [-0.2, 0) is 16.0 Å². The van der Waals surface area contributed by atoms with Gasteiger partial charge in [0.1, 0.15) is 11.9 Å². The normalized spacial score (nSPS) is 24.6. The highest BCUT2D eigenvalue weighted by Gasteiger charge is 2.30. The Balaban J connectivity index is 1.44. The van der Waals surface area contributed by atoms with Crippen LogP contribution in [-0.4, -0.2) is 41.1 Å². The number of amides is 2. The third-order valence-corrected chi connectivity index (χ3v) is 6.04. The number of hydrogen-bond donors (Lipinski definition) is 1. The number of rotatable bonds is 2. The van der Waals surface area contributed by atoms with Crippen LogP contribution in [0.15, 0.2) is 28.1 Å². The molecule has 3 heterocycles. The zero-order valence-corrected chi connectivity index (χ0v) is 15.4. The Morgan fingerprint density at radius 1 is 1.38 bits per heavy atom. The van der Waals surface area contributed by atoms with Crippen molar-refractivity contribution in [3.8, 4) is 5.75 Å². The van der Waals surface area contributed by atoms with E-state index in [2.05, 4.69) is 22.9 Å². The SMILES string of the molecule is CC1Cc2cc(/C=C3\SC(N4CCC(C(N)=O)CC4)=NC3=O)ccc2O1. The van der Waals surface area contributed by atoms with Crippen LogP contribution in [0.4, 0.5) is 0 Å². The lowest BCUT2D eigenvalue weighted by Gasteiger charge is -2.31. The van der Waals surface area contributed by atoms with Crippen LogP contribution in [0, 0.1) is 5.92 Å². The molecule has 4 rings (SSSR count). The Hall–Kier alpha value is -2.28. The van der Waals surface area contributed by atoms with Gasteiger partial charge in [0.15, 0.2) is 5.17 Å². The summed E-state index contributed by atoms with van der Waals surface area (Å²) in [4.78, 5) is 30.5. The number of ether oxygens (including phenoxy) is 1. The molecule has 0 spiro atoms. The highest BCUT2D eigenvalue weighted by Crippen LogP contribution is 2.34. The van der Waals surface area contributed by atoms with Gasteiger partial charge in [-0.25, -0.2) is 0 Å². The standard InChI is InChI=1S/C19H21N3O3S/c1-11-8-14-9-12(2-3-15(14)25-11)10-16-18(24)21-19(26-16)22-6-4-13(5-7-22)17(20)23/h2-3,9-11,13H,4-8H2,1H3,(H2,20,23)/b16-10-. The van der Waals surface area contributed by atoms with E-state index in [-0.39, 0.29) is 23.8 Å². The molecule has 0 bridgehead atoms. The van der Waals surface area contributed by atoms with E-state index < -0.39 is 0 Å². The van der Waals surface area contributed by atoms with Crippen LogP contribution in [0.2, 0.25) is 0 Å². The number of amidine groups is 1. The predicted molar refractivity (Wildman–Crippen MR) is 102 cm³/mol. The van der Waals surface area contributed by atoms with Gasteiger partial charge in [-0.05, 0) is 60.9 Å². The molecular formula is C19H21N3O3S. The van der Waals surface area contributed by atoms with Crippen molar-refractivity contribution >= 4 is 34.8 Å². The molecule has 1 saturated heterocycles. The summed E-state index contributed by atoms with van der Waals surface area (Å²) in [6.07, 6.45) is 4.41. The molecular weight excluding hydrogens is 350 g/mol. The van der Waals surface area contributed by atoms with Crippen LogP contribution in [0.1, 0.15) is 30.9 Å². The van der Waals surface area contributed by atoms with Gasteiger partial charge in [0, 0.05) is 25.4 Å². The molecule has 1 aromatic rings. The van der Waals surface area contributed by atoms with Crippen molar-refractivity contribution in [2.45, 2.75) is 32.3 Å². The van der Waals surface area contributed by atoms with Crippen molar-refractivity contribution in [1.29, 1.82) is 0 Å². The quantitative estimate of drug-likeness (QED) is 0.806. The van der Waals surface area contributed by atoms with Crippen LogP contribution in [0.5, 0.6) is 5.75 Å². The topological polar surface area (TPSA) is 85.0 Å². The first-order valence-corrected chi connectivity index (χ1v) is 9.67. The Labute approximate surface area is 156 Å². The van der Waals surface area contributed by atoms with E-state index >= 15 is 0 Å². The Morgan fingerprint density at radius 2 is 2.15 bits per heavy atom. The van der Waals surface area contributed by atoms with Gasteiger partial charge in [0.05, 0.1) is 4.91 Å². The first kappa shape index (κ1) is 17.1. The number of benzene rings is 1. The van der Waals surface area contributed by atoms with E-state index in [4.69, 9.17) is 10.5 Å². The maximum absolute atomic E-state index is 12.3. The van der Waals surface area contributed by atoms with Crippen LogP contribution >= 0.6 is 11.8 Å². The molecule has 2 amide bonds. The third kappa shape index (κ3) is 3.35. The van der Waals surface area contributed by atoms with E-state index in [1.165, 1.54) is 17.3 Å². The molecule has 1 atom stereocenters. The van der Waals surface area contributed by atoms with Gasteiger partial charge < -0.3 is 15.4 Å². The summed E-state index contributed by atoms with van der Waals surface area (Å²) in [5.41, 5.74) is 7.54. The number of hydrogen-bond acceptors (Lipinski definition) is 5. The summed E-state index contributed by atoms with van der Waals surface area (Å²) in [7, 11) is 0. The molecule has 26 heavy (non-hydrogen) atoms. The Morgan fingerprint density at radius 3 is 2.88 bits per heavy atom. The number of carbonyl (C=O) groups excluding carboxylic acids is 2. The molecule has 6 nitrogen and oxygen atoms in total. The van der Waals surface area contributed by atoms with Crippen molar-refractivity contribution in [3.05, 3.63) is 34.2 Å². The number of nitrogens with zero attached hydrogens (tertiary/aromatic N) is 2. The van der Waals surface area contributed by atoms with Crippen molar-refractivity contribution in [1.82, 2.24) is 4.90 Å². The number of likely N-dealkylation sites (tertiary alicyclic amines) is 1. The summed E-state index contributed by atoms with van der Waals surface area (Å²) in [6.45, 7) is 3.46. The summed E-state index contributed by atoms with van der Waals surface area (Å²) >= 11 is 1.40. The molecule has 0 radical (unpaired) electrons. The lowest BCUT2D eigenvalue weighted by Crippen LogP contribution is -2.40. The highest BCUT2D eigenvalue weighted by molar-refractivity contribution is 8.18. The fraction of sp³-hybridized carbons (Fsp3) is 0.421. The summed E-state index contributed by atoms with van der Waals surface area (Å²) < 4.78 is 5.72. The summed E-state index contributed by atoms with van der Waals surface area (Å²) in [5, 5.41) is 0.724. The maximum Gasteiger partial charge on any atom is 0.286 e. The monoisotopic (exact) mass is 371 g/mol. The van der Waals surface area contributed by atoms with Gasteiger partial charge in [0.2, 0.25) is 5.91 Å². The first-order valence-electron chi connectivity index (χ1n) is 8.86. The van der Waals surface area contributed by atoms with Gasteiger partial charge in [-0.2, -0.15) is 4.99 Å². The lowest BCUT2D eigenvalue weighted by molar-refractivity contribution is -0.123. The molecule has 1 unspecified atom stereocenters. The second-order valence-corrected chi connectivity index (χ2v) is 7.98. The number of primary amides is 1. The molecule has 1 aromatic carbocycles. The third-order valence-electron chi connectivity index (χ3n) is 4.99. The average Bonchev–Trinajstić information content (AvgIpc) is 3.16. The second-order valence-electron chi connectivity index (χ2n) is 6.97. The average molecular weight is 371 g/mol. The summed E-state index contributed by atoms with van der Waals surface area (Å²) in [5.74, 6) is 0.420. The van der Waals surface area contributed by atoms with Crippen molar-refractivity contribution in [3.63, 3.8) is 0 Å². The number of thioether (sulfide) groups is 1. The molecule has 0 aliphatic carbocycles. The molecule has 3 aliphatic heterocycles. The number of fused-ring (bicyclic) bond motifs is 1. The Kier molecular flexibility index (Phi) is 4.48. The summed E-state index contributed by atoms with van der Waals surface area (Å²) in [6, 6.07) is 6.01. The molecule has 1 fully saturated rings. The maximum atomic E-state index is 12.3. The van der Waals surface area contributed by atoms with Crippen LogP contribution in [0.3, 0.4) is 0 Å². The Bertz CT molecular complexity index is 825. The van der Waals surface area contributed by atoms with Gasteiger partial charge >= 0.3 is 0 Å². The van der Waals surface area contributed by atoms with Crippen molar-refractivity contribution in [2.24, 2.45) is 16.6 Å². The molecule has 0 saturated carbocycles. The van der Waals surface area contributed by atoms with E-state index in [9.17, 15) is 9.59 Å². The van der Waals surface area contributed by atoms with E-state index in [1.807, 2.05) is 18.2 Å². The zero-order chi connectivity index (χ0) is 18.3. The minimum Gasteiger partial charge on any atom is -0.490 e. The van der Waals surface area contributed by atoms with Crippen molar-refractivity contribution < 1.29 is 14.3 Å². The molecule has 0 aromatic heterocycles. The highest BCUT2D eigenvalue weighted by atomic mass is 32.2. The largest absolute Gasteiger partial charge is 0.490 e. The lowest BCUT2D eigenvalue weighted by atomic mass is 9.97. The number of aliphatic imine (C=N–C) groups is 1. The number of carbonyl (C=O) groups is 2. The van der Waals surface area contributed by atoms with Crippen molar-refractivity contribution in [2.75, 3.05) is 13.1 Å². The van der Waals surface area contributed by atoms with Gasteiger partial charge in [-0.1, -0.05) is 6.07 Å². The molecule has 7 heteroatoms. The fourth-order valence-corrected chi connectivity index (χ4v) is 4.54. The van der Waals surface area contributed by atoms with Gasteiger partial charge in [-0.15, -0.1) is 0 Å². The minimum atomic E-state index is -0.239. The number of nitrogens with two attached hydrogens (primary N) is 1. The molecule has 3 aliphatic rings. The van der Waals surface area contributed by atoms with E-state index in [0.29, 0.717) is 30.8 Å². The van der Waals surface area contributed by atoms with E-state index in [0.717, 1.165) is 22.9 Å². The van der Waals surface area contributed by atoms with Gasteiger partial charge in [0.25, 0.3) is 5.91 Å². The molecule has 2 N–H and O–H groups in total. The minimum absolute atomic E-state index is 0.0695.